The summed E-state index contributed by atoms with van der Waals surface area (Å²) >= 11 is 0. The first-order valence-corrected chi connectivity index (χ1v) is 6.54. The van der Waals surface area contributed by atoms with E-state index in [0.29, 0.717) is 24.2 Å². The van der Waals surface area contributed by atoms with Gasteiger partial charge in [-0.05, 0) is 38.6 Å². The van der Waals surface area contributed by atoms with Crippen LogP contribution in [0.15, 0.2) is 0 Å². The molecule has 1 N–H and O–H groups in total. The average Bonchev–Trinajstić information content (AvgIpc) is 2.67. The van der Waals surface area contributed by atoms with E-state index in [9.17, 15) is 9.90 Å². The molecule has 16 heavy (non-hydrogen) atoms. The second kappa shape index (κ2) is 5.28. The standard InChI is InChI=1S/C13H23NO2/c1-14(8-10-6-12(15)7-10)9-13(16)11-4-2-3-5-11/h10-12,15H,2-9H2,1H3. The minimum Gasteiger partial charge on any atom is -0.393 e. The lowest BCUT2D eigenvalue weighted by molar-refractivity contribution is -0.123. The smallest absolute Gasteiger partial charge is 0.149 e. The van der Waals surface area contributed by atoms with Crippen LogP contribution >= 0.6 is 0 Å². The fraction of sp³-hybridized carbons (Fsp3) is 0.923. The maximum atomic E-state index is 11.9. The van der Waals surface area contributed by atoms with Crippen molar-refractivity contribution < 1.29 is 9.90 Å². The van der Waals surface area contributed by atoms with Crippen molar-refractivity contribution in [3.63, 3.8) is 0 Å². The number of carbonyl (C=O) groups excluding carboxylic acids is 1. The number of likely N-dealkylation sites (N-methyl/N-ethyl adjacent to an activating group) is 1. The van der Waals surface area contributed by atoms with E-state index in [1.54, 1.807) is 0 Å². The van der Waals surface area contributed by atoms with Gasteiger partial charge in [-0.3, -0.25) is 9.69 Å². The normalized spacial score (nSPS) is 30.7. The molecular formula is C13H23NO2. The molecule has 2 saturated carbocycles. The van der Waals surface area contributed by atoms with Crippen LogP contribution < -0.4 is 0 Å². The molecule has 2 fully saturated rings. The highest BCUT2D eigenvalue weighted by molar-refractivity contribution is 5.83. The molecule has 0 saturated heterocycles. The maximum Gasteiger partial charge on any atom is 0.149 e. The number of aliphatic hydroxyl groups is 1. The van der Waals surface area contributed by atoms with E-state index in [0.717, 1.165) is 32.2 Å². The molecule has 3 nitrogen and oxygen atoms in total. The van der Waals surface area contributed by atoms with Crippen molar-refractivity contribution in [2.24, 2.45) is 11.8 Å². The van der Waals surface area contributed by atoms with Gasteiger partial charge < -0.3 is 5.11 Å². The Morgan fingerprint density at radius 1 is 1.31 bits per heavy atom. The maximum absolute atomic E-state index is 11.9. The summed E-state index contributed by atoms with van der Waals surface area (Å²) in [5.41, 5.74) is 0. The van der Waals surface area contributed by atoms with Gasteiger partial charge in [-0.1, -0.05) is 12.8 Å². The molecule has 0 bridgehead atoms. The monoisotopic (exact) mass is 225 g/mol. The van der Waals surface area contributed by atoms with E-state index in [1.807, 2.05) is 7.05 Å². The minimum absolute atomic E-state index is 0.0797. The van der Waals surface area contributed by atoms with E-state index in [2.05, 4.69) is 4.90 Å². The molecule has 3 heteroatoms. The Morgan fingerprint density at radius 2 is 1.94 bits per heavy atom. The second-order valence-electron chi connectivity index (χ2n) is 5.64. The molecule has 2 aliphatic rings. The van der Waals surface area contributed by atoms with Crippen LogP contribution in [-0.4, -0.2) is 42.0 Å². The molecule has 0 amide bonds. The highest BCUT2D eigenvalue weighted by Crippen LogP contribution is 2.28. The molecule has 2 aliphatic carbocycles. The Hall–Kier alpha value is -0.410. The summed E-state index contributed by atoms with van der Waals surface area (Å²) in [5.74, 6) is 1.38. The van der Waals surface area contributed by atoms with Gasteiger partial charge in [-0.25, -0.2) is 0 Å². The molecule has 0 aromatic carbocycles. The summed E-state index contributed by atoms with van der Waals surface area (Å²) in [6, 6.07) is 0. The van der Waals surface area contributed by atoms with Gasteiger partial charge >= 0.3 is 0 Å². The van der Waals surface area contributed by atoms with Crippen molar-refractivity contribution in [2.75, 3.05) is 20.1 Å². The molecule has 0 heterocycles. The fourth-order valence-corrected chi connectivity index (χ4v) is 3.00. The zero-order chi connectivity index (χ0) is 11.5. The van der Waals surface area contributed by atoms with E-state index in [-0.39, 0.29) is 6.10 Å². The van der Waals surface area contributed by atoms with Gasteiger partial charge in [0.15, 0.2) is 0 Å². The van der Waals surface area contributed by atoms with E-state index >= 15 is 0 Å². The van der Waals surface area contributed by atoms with Crippen molar-refractivity contribution in [1.29, 1.82) is 0 Å². The first-order valence-electron chi connectivity index (χ1n) is 6.54. The van der Waals surface area contributed by atoms with Crippen molar-refractivity contribution in [3.05, 3.63) is 0 Å². The summed E-state index contributed by atoms with van der Waals surface area (Å²) in [4.78, 5) is 14.1. The average molecular weight is 225 g/mol. The number of hydrogen-bond acceptors (Lipinski definition) is 3. The van der Waals surface area contributed by atoms with Gasteiger partial charge in [0.1, 0.15) is 5.78 Å². The number of carbonyl (C=O) groups is 1. The van der Waals surface area contributed by atoms with Crippen LogP contribution in [0, 0.1) is 11.8 Å². The summed E-state index contributed by atoms with van der Waals surface area (Å²) in [6.45, 7) is 1.58. The van der Waals surface area contributed by atoms with Gasteiger partial charge in [-0.2, -0.15) is 0 Å². The van der Waals surface area contributed by atoms with Crippen LogP contribution in [-0.2, 0) is 4.79 Å². The highest BCUT2D eigenvalue weighted by Gasteiger charge is 2.29. The Bertz CT molecular complexity index is 242. The number of nitrogens with zero attached hydrogens (tertiary/aromatic N) is 1. The Kier molecular flexibility index (Phi) is 3.98. The molecule has 0 unspecified atom stereocenters. The fourth-order valence-electron chi connectivity index (χ4n) is 3.00. The molecule has 0 radical (unpaired) electrons. The summed E-state index contributed by atoms with van der Waals surface area (Å²) in [5, 5.41) is 9.20. The minimum atomic E-state index is -0.0797. The largest absolute Gasteiger partial charge is 0.393 e. The predicted molar refractivity (Wildman–Crippen MR) is 63.2 cm³/mol. The number of aliphatic hydroxyl groups excluding tert-OH is 1. The van der Waals surface area contributed by atoms with Gasteiger partial charge in [0, 0.05) is 12.5 Å². The molecule has 0 aliphatic heterocycles. The Labute approximate surface area is 97.8 Å². The Balaban J connectivity index is 1.66. The SMILES string of the molecule is CN(CC(=O)C1CCCC1)CC1CC(O)C1. The highest BCUT2D eigenvalue weighted by atomic mass is 16.3. The van der Waals surface area contributed by atoms with Crippen LogP contribution in [0.25, 0.3) is 0 Å². The second-order valence-corrected chi connectivity index (χ2v) is 5.64. The number of hydrogen-bond donors (Lipinski definition) is 1. The lowest BCUT2D eigenvalue weighted by Crippen LogP contribution is -2.39. The van der Waals surface area contributed by atoms with Gasteiger partial charge in [0.2, 0.25) is 0 Å². The third-order valence-electron chi connectivity index (χ3n) is 4.02. The van der Waals surface area contributed by atoms with Gasteiger partial charge in [0.25, 0.3) is 0 Å². The first kappa shape index (κ1) is 12.1. The third kappa shape index (κ3) is 3.05. The summed E-state index contributed by atoms with van der Waals surface area (Å²) < 4.78 is 0. The van der Waals surface area contributed by atoms with Crippen LogP contribution in [0.1, 0.15) is 38.5 Å². The van der Waals surface area contributed by atoms with Crippen molar-refractivity contribution in [3.8, 4) is 0 Å². The quantitative estimate of drug-likeness (QED) is 0.770. The van der Waals surface area contributed by atoms with Crippen LogP contribution in [0.2, 0.25) is 0 Å². The van der Waals surface area contributed by atoms with Crippen LogP contribution in [0.5, 0.6) is 0 Å². The van der Waals surface area contributed by atoms with E-state index < -0.39 is 0 Å². The molecule has 0 atom stereocenters. The molecule has 2 rings (SSSR count). The summed E-state index contributed by atoms with van der Waals surface area (Å²) in [6.07, 6.45) is 6.43. The molecule has 0 aromatic rings. The topological polar surface area (TPSA) is 40.5 Å². The van der Waals surface area contributed by atoms with Crippen molar-refractivity contribution >= 4 is 5.78 Å². The van der Waals surface area contributed by atoms with Gasteiger partial charge in [0.05, 0.1) is 12.6 Å². The number of ketones is 1. The van der Waals surface area contributed by atoms with E-state index in [1.165, 1.54) is 12.8 Å². The lowest BCUT2D eigenvalue weighted by atomic mass is 9.82. The number of Topliss-reactive ketones (excluding diaryl/α,β-unsaturated/α-hetero) is 1. The number of rotatable bonds is 5. The molecule has 0 spiro atoms. The third-order valence-corrected chi connectivity index (χ3v) is 4.02. The lowest BCUT2D eigenvalue weighted by Gasteiger charge is -2.34. The predicted octanol–water partition coefficient (Wildman–Crippen LogP) is 1.45. The van der Waals surface area contributed by atoms with Gasteiger partial charge in [-0.15, -0.1) is 0 Å². The van der Waals surface area contributed by atoms with Crippen LogP contribution in [0.4, 0.5) is 0 Å². The molecular weight excluding hydrogens is 202 g/mol. The van der Waals surface area contributed by atoms with E-state index in [4.69, 9.17) is 0 Å². The molecule has 92 valence electrons. The van der Waals surface area contributed by atoms with Crippen molar-refractivity contribution in [1.82, 2.24) is 4.90 Å². The zero-order valence-electron chi connectivity index (χ0n) is 10.2. The Morgan fingerprint density at radius 3 is 2.50 bits per heavy atom. The first-order chi connectivity index (χ1) is 7.65. The van der Waals surface area contributed by atoms with Crippen LogP contribution in [0.3, 0.4) is 0 Å². The van der Waals surface area contributed by atoms with Crippen molar-refractivity contribution in [2.45, 2.75) is 44.6 Å². The zero-order valence-corrected chi connectivity index (χ0v) is 10.2. The summed E-state index contributed by atoms with van der Waals surface area (Å²) in [7, 11) is 2.03. The molecule has 0 aromatic heterocycles.